The molecule has 1 aliphatic rings. The first-order chi connectivity index (χ1) is 17.2. The first kappa shape index (κ1) is 21.2. The van der Waals surface area contributed by atoms with E-state index in [1.807, 2.05) is 41.3 Å². The summed E-state index contributed by atoms with van der Waals surface area (Å²) in [6, 6.07) is 15.0. The molecule has 0 bridgehead atoms. The molecule has 1 fully saturated rings. The number of fused-ring (bicyclic) bond motifs is 1. The maximum Gasteiger partial charge on any atom is 0.160 e. The minimum absolute atomic E-state index is 0.285. The van der Waals surface area contributed by atoms with Crippen molar-refractivity contribution in [2.45, 2.75) is 18.9 Å². The van der Waals surface area contributed by atoms with E-state index < -0.39 is 11.6 Å². The lowest BCUT2D eigenvalue weighted by Gasteiger charge is -2.26. The van der Waals surface area contributed by atoms with E-state index in [9.17, 15) is 8.78 Å². The molecule has 9 heteroatoms. The Balaban J connectivity index is 1.32. The van der Waals surface area contributed by atoms with Crippen LogP contribution in [0.3, 0.4) is 0 Å². The number of hydrogen-bond donors (Lipinski definition) is 2. The molecule has 0 radical (unpaired) electrons. The number of imidazole rings is 1. The van der Waals surface area contributed by atoms with Crippen LogP contribution in [-0.2, 0) is 0 Å². The van der Waals surface area contributed by atoms with Crippen LogP contribution in [0.25, 0.3) is 22.3 Å². The number of benzene rings is 2. The van der Waals surface area contributed by atoms with Crippen molar-refractivity contribution < 1.29 is 8.78 Å². The normalized spacial score (nSPS) is 15.6. The van der Waals surface area contributed by atoms with Gasteiger partial charge in [-0.2, -0.15) is 0 Å². The van der Waals surface area contributed by atoms with E-state index in [0.29, 0.717) is 34.8 Å². The fourth-order valence-electron chi connectivity index (χ4n) is 4.60. The molecule has 174 valence electrons. The quantitative estimate of drug-likeness (QED) is 0.340. The van der Waals surface area contributed by atoms with Crippen LogP contribution in [0.2, 0.25) is 0 Å². The third-order valence-corrected chi connectivity index (χ3v) is 6.29. The average molecular weight is 469 g/mol. The first-order valence-electron chi connectivity index (χ1n) is 11.3. The summed E-state index contributed by atoms with van der Waals surface area (Å²) in [5.74, 6) is 0.390. The lowest BCUT2D eigenvalue weighted by molar-refractivity contribution is 0.560. The second-order valence-electron chi connectivity index (χ2n) is 8.44. The highest BCUT2D eigenvalue weighted by atomic mass is 19.1. The Kier molecular flexibility index (Phi) is 5.29. The Morgan fingerprint density at radius 2 is 1.89 bits per heavy atom. The van der Waals surface area contributed by atoms with E-state index in [2.05, 4.69) is 25.3 Å². The van der Waals surface area contributed by atoms with Gasteiger partial charge in [-0.15, -0.1) is 0 Å². The third kappa shape index (κ3) is 4.05. The van der Waals surface area contributed by atoms with Gasteiger partial charge in [0.05, 0.1) is 29.8 Å². The number of pyridine rings is 1. The standard InChI is InChI=1S/C26H21F2N7/c27-17-5-8-20(28)19(12-17)23-2-1-11-35(23)24-10-9-21-25(34-24)26(32-15-31-21)33-18-6-3-16(4-7-18)22-13-29-14-30-22/h3-10,12-15,23H,1-2,11H2,(H,29,30)(H,31,32,33)/t23-/m1/s1. The van der Waals surface area contributed by atoms with Crippen molar-refractivity contribution in [3.8, 4) is 11.3 Å². The molecule has 1 aliphatic heterocycles. The fourth-order valence-corrected chi connectivity index (χ4v) is 4.60. The van der Waals surface area contributed by atoms with Gasteiger partial charge in [0.1, 0.15) is 29.3 Å². The molecule has 0 spiro atoms. The predicted molar refractivity (Wildman–Crippen MR) is 130 cm³/mol. The number of H-pyrrole nitrogens is 1. The van der Waals surface area contributed by atoms with Crippen molar-refractivity contribution >= 4 is 28.4 Å². The molecular weight excluding hydrogens is 448 g/mol. The number of halogens is 2. The summed E-state index contributed by atoms with van der Waals surface area (Å²) in [6.07, 6.45) is 6.49. The Morgan fingerprint density at radius 1 is 1.00 bits per heavy atom. The van der Waals surface area contributed by atoms with E-state index in [0.717, 1.165) is 35.9 Å². The molecule has 1 saturated heterocycles. The zero-order chi connectivity index (χ0) is 23.8. The molecule has 5 aromatic rings. The molecular formula is C26H21F2N7. The largest absolute Gasteiger partial charge is 0.349 e. The molecule has 6 rings (SSSR count). The molecule has 0 saturated carbocycles. The van der Waals surface area contributed by atoms with E-state index in [1.54, 1.807) is 12.5 Å². The van der Waals surface area contributed by atoms with Crippen LogP contribution in [0.4, 0.5) is 26.1 Å². The summed E-state index contributed by atoms with van der Waals surface area (Å²) < 4.78 is 28.4. The molecule has 0 amide bonds. The molecule has 0 aliphatic carbocycles. The van der Waals surface area contributed by atoms with Crippen LogP contribution in [-0.4, -0.2) is 31.5 Å². The van der Waals surface area contributed by atoms with Crippen molar-refractivity contribution in [1.82, 2.24) is 24.9 Å². The Labute approximate surface area is 199 Å². The smallest absolute Gasteiger partial charge is 0.160 e. The lowest BCUT2D eigenvalue weighted by Crippen LogP contribution is -2.24. The van der Waals surface area contributed by atoms with Gasteiger partial charge in [0.25, 0.3) is 0 Å². The Morgan fingerprint density at radius 3 is 2.71 bits per heavy atom. The monoisotopic (exact) mass is 469 g/mol. The molecule has 1 atom stereocenters. The molecule has 35 heavy (non-hydrogen) atoms. The summed E-state index contributed by atoms with van der Waals surface area (Å²) in [6.45, 7) is 0.699. The van der Waals surface area contributed by atoms with E-state index in [1.165, 1.54) is 18.5 Å². The predicted octanol–water partition coefficient (Wildman–Crippen LogP) is 5.78. The number of nitrogens with one attached hydrogen (secondary N) is 2. The molecule has 0 unspecified atom stereocenters. The lowest BCUT2D eigenvalue weighted by atomic mass is 10.0. The van der Waals surface area contributed by atoms with Crippen molar-refractivity contribution in [2.24, 2.45) is 0 Å². The van der Waals surface area contributed by atoms with Crippen molar-refractivity contribution in [3.05, 3.63) is 90.6 Å². The highest BCUT2D eigenvalue weighted by Crippen LogP contribution is 2.37. The maximum atomic E-state index is 14.5. The van der Waals surface area contributed by atoms with Crippen LogP contribution in [0.15, 0.2) is 73.4 Å². The van der Waals surface area contributed by atoms with Crippen molar-refractivity contribution in [2.75, 3.05) is 16.8 Å². The third-order valence-electron chi connectivity index (χ3n) is 6.29. The average Bonchev–Trinajstić information content (AvgIpc) is 3.59. The summed E-state index contributed by atoms with van der Waals surface area (Å²) in [5.41, 5.74) is 4.45. The zero-order valence-electron chi connectivity index (χ0n) is 18.6. The summed E-state index contributed by atoms with van der Waals surface area (Å²) in [5, 5.41) is 3.33. The van der Waals surface area contributed by atoms with Crippen molar-refractivity contribution in [3.63, 3.8) is 0 Å². The number of aromatic amines is 1. The van der Waals surface area contributed by atoms with Crippen LogP contribution in [0.1, 0.15) is 24.4 Å². The van der Waals surface area contributed by atoms with Crippen LogP contribution in [0.5, 0.6) is 0 Å². The Bertz CT molecular complexity index is 1490. The second-order valence-corrected chi connectivity index (χ2v) is 8.44. The van der Waals surface area contributed by atoms with E-state index in [4.69, 9.17) is 4.98 Å². The van der Waals surface area contributed by atoms with Gasteiger partial charge < -0.3 is 15.2 Å². The molecule has 2 N–H and O–H groups in total. The van der Waals surface area contributed by atoms with Gasteiger partial charge in [0, 0.05) is 17.8 Å². The molecule has 2 aromatic carbocycles. The van der Waals surface area contributed by atoms with Gasteiger partial charge in [-0.1, -0.05) is 12.1 Å². The minimum Gasteiger partial charge on any atom is -0.349 e. The van der Waals surface area contributed by atoms with Crippen LogP contribution >= 0.6 is 0 Å². The van der Waals surface area contributed by atoms with Gasteiger partial charge >= 0.3 is 0 Å². The van der Waals surface area contributed by atoms with Gasteiger partial charge in [-0.05, 0) is 60.9 Å². The number of aromatic nitrogens is 5. The maximum absolute atomic E-state index is 14.5. The van der Waals surface area contributed by atoms with E-state index in [-0.39, 0.29) is 6.04 Å². The highest BCUT2D eigenvalue weighted by molar-refractivity contribution is 5.88. The number of rotatable bonds is 5. The van der Waals surface area contributed by atoms with Crippen LogP contribution < -0.4 is 10.2 Å². The van der Waals surface area contributed by atoms with E-state index >= 15 is 0 Å². The number of hydrogen-bond acceptors (Lipinski definition) is 6. The Hall–Kier alpha value is -4.40. The number of anilines is 3. The highest BCUT2D eigenvalue weighted by Gasteiger charge is 2.30. The summed E-state index contributed by atoms with van der Waals surface area (Å²) >= 11 is 0. The van der Waals surface area contributed by atoms with Gasteiger partial charge in [-0.25, -0.2) is 28.7 Å². The van der Waals surface area contributed by atoms with Gasteiger partial charge in [-0.3, -0.25) is 0 Å². The summed E-state index contributed by atoms with van der Waals surface area (Å²) in [7, 11) is 0. The fraction of sp³-hybridized carbons (Fsp3) is 0.154. The van der Waals surface area contributed by atoms with Crippen LogP contribution in [0, 0.1) is 11.6 Å². The van der Waals surface area contributed by atoms with Gasteiger partial charge in [0.2, 0.25) is 0 Å². The zero-order valence-corrected chi connectivity index (χ0v) is 18.6. The topological polar surface area (TPSA) is 82.6 Å². The minimum atomic E-state index is -0.446. The molecule has 7 nitrogen and oxygen atoms in total. The molecule has 4 heterocycles. The molecule has 3 aromatic heterocycles. The number of nitrogens with zero attached hydrogens (tertiary/aromatic N) is 5. The SMILES string of the molecule is Fc1ccc(F)c([C@H]2CCCN2c2ccc3ncnc(Nc4ccc(-c5cnc[nH]5)cc4)c3n2)c1. The van der Waals surface area contributed by atoms with Crippen molar-refractivity contribution in [1.29, 1.82) is 0 Å². The van der Waals surface area contributed by atoms with Gasteiger partial charge in [0.15, 0.2) is 5.82 Å². The summed E-state index contributed by atoms with van der Waals surface area (Å²) in [4.78, 5) is 22.8. The second kappa shape index (κ2) is 8.75. The first-order valence-corrected chi connectivity index (χ1v) is 11.3.